The lowest BCUT2D eigenvalue weighted by Gasteiger charge is -2.19. The lowest BCUT2D eigenvalue weighted by atomic mass is 10.2. The Morgan fingerprint density at radius 1 is 1.56 bits per heavy atom. The molecule has 0 saturated carbocycles. The third-order valence-electron chi connectivity index (χ3n) is 2.58. The predicted octanol–water partition coefficient (Wildman–Crippen LogP) is 0.836. The SMILES string of the molecule is O=C1CN(C(=O)c2cc(F)cnc2Cl)CCCN1. The first-order valence-electron chi connectivity index (χ1n) is 5.45. The third-order valence-corrected chi connectivity index (χ3v) is 2.89. The largest absolute Gasteiger partial charge is 0.354 e. The molecule has 5 nitrogen and oxygen atoms in total. The fraction of sp³-hybridized carbons (Fsp3) is 0.364. The van der Waals surface area contributed by atoms with E-state index in [-0.39, 0.29) is 23.2 Å². The quantitative estimate of drug-likeness (QED) is 0.770. The number of nitrogens with one attached hydrogen (secondary N) is 1. The van der Waals surface area contributed by atoms with E-state index < -0.39 is 11.7 Å². The molecule has 2 rings (SSSR count). The van der Waals surface area contributed by atoms with Crippen molar-refractivity contribution in [1.29, 1.82) is 0 Å². The van der Waals surface area contributed by atoms with Gasteiger partial charge in [0.1, 0.15) is 11.0 Å². The molecule has 0 radical (unpaired) electrons. The number of rotatable bonds is 1. The van der Waals surface area contributed by atoms with E-state index in [1.807, 2.05) is 0 Å². The van der Waals surface area contributed by atoms with Gasteiger partial charge in [-0.25, -0.2) is 9.37 Å². The summed E-state index contributed by atoms with van der Waals surface area (Å²) in [6, 6.07) is 1.03. The molecule has 0 atom stereocenters. The lowest BCUT2D eigenvalue weighted by molar-refractivity contribution is -0.121. The summed E-state index contributed by atoms with van der Waals surface area (Å²) in [6.45, 7) is 0.897. The van der Waals surface area contributed by atoms with E-state index in [1.54, 1.807) is 0 Å². The van der Waals surface area contributed by atoms with Crippen molar-refractivity contribution in [2.24, 2.45) is 0 Å². The average Bonchev–Trinajstić information content (AvgIpc) is 2.56. The molecule has 7 heteroatoms. The molecule has 0 bridgehead atoms. The molecule has 2 amide bonds. The van der Waals surface area contributed by atoms with Crippen LogP contribution in [-0.2, 0) is 4.79 Å². The molecule has 1 saturated heterocycles. The van der Waals surface area contributed by atoms with Crippen LogP contribution in [0.4, 0.5) is 4.39 Å². The van der Waals surface area contributed by atoms with Gasteiger partial charge in [-0.15, -0.1) is 0 Å². The normalized spacial score (nSPS) is 16.1. The number of nitrogens with zero attached hydrogens (tertiary/aromatic N) is 2. The Kier molecular flexibility index (Phi) is 3.76. The summed E-state index contributed by atoms with van der Waals surface area (Å²) in [5.74, 6) is -1.35. The second-order valence-corrected chi connectivity index (χ2v) is 4.28. The zero-order valence-corrected chi connectivity index (χ0v) is 10.2. The minimum Gasteiger partial charge on any atom is -0.354 e. The second-order valence-electron chi connectivity index (χ2n) is 3.92. The van der Waals surface area contributed by atoms with E-state index in [4.69, 9.17) is 11.6 Å². The van der Waals surface area contributed by atoms with Gasteiger partial charge in [0.25, 0.3) is 5.91 Å². The summed E-state index contributed by atoms with van der Waals surface area (Å²) in [4.78, 5) is 28.4. The van der Waals surface area contributed by atoms with Gasteiger partial charge in [0.2, 0.25) is 5.91 Å². The maximum atomic E-state index is 13.1. The van der Waals surface area contributed by atoms with Gasteiger partial charge >= 0.3 is 0 Å². The first kappa shape index (κ1) is 12.8. The summed E-state index contributed by atoms with van der Waals surface area (Å²) < 4.78 is 13.1. The van der Waals surface area contributed by atoms with Gasteiger partial charge in [-0.05, 0) is 12.5 Å². The maximum Gasteiger partial charge on any atom is 0.257 e. The van der Waals surface area contributed by atoms with Crippen molar-refractivity contribution in [2.45, 2.75) is 6.42 Å². The molecule has 0 aliphatic carbocycles. The topological polar surface area (TPSA) is 62.3 Å². The number of hydrogen-bond acceptors (Lipinski definition) is 3. The molecule has 0 unspecified atom stereocenters. The van der Waals surface area contributed by atoms with Crippen LogP contribution < -0.4 is 5.32 Å². The molecule has 0 spiro atoms. The van der Waals surface area contributed by atoms with Crippen LogP contribution in [0.5, 0.6) is 0 Å². The summed E-state index contributed by atoms with van der Waals surface area (Å²) in [7, 11) is 0. The van der Waals surface area contributed by atoms with Crippen molar-refractivity contribution in [3.63, 3.8) is 0 Å². The molecule has 1 aromatic heterocycles. The van der Waals surface area contributed by atoms with Gasteiger partial charge in [-0.1, -0.05) is 11.6 Å². The Hall–Kier alpha value is -1.69. The highest BCUT2D eigenvalue weighted by Crippen LogP contribution is 2.16. The van der Waals surface area contributed by atoms with Crippen LogP contribution in [0.15, 0.2) is 12.3 Å². The van der Waals surface area contributed by atoms with E-state index in [0.717, 1.165) is 12.3 Å². The Balaban J connectivity index is 2.24. The van der Waals surface area contributed by atoms with Crippen LogP contribution in [-0.4, -0.2) is 41.3 Å². The van der Waals surface area contributed by atoms with Gasteiger partial charge in [0, 0.05) is 13.1 Å². The number of aromatic nitrogens is 1. The zero-order chi connectivity index (χ0) is 13.1. The smallest absolute Gasteiger partial charge is 0.257 e. The minimum absolute atomic E-state index is 0.0219. The van der Waals surface area contributed by atoms with Gasteiger partial charge < -0.3 is 10.2 Å². The van der Waals surface area contributed by atoms with E-state index in [2.05, 4.69) is 10.3 Å². The highest BCUT2D eigenvalue weighted by Gasteiger charge is 2.23. The molecule has 1 aromatic rings. The van der Waals surface area contributed by atoms with E-state index >= 15 is 0 Å². The van der Waals surface area contributed by atoms with Crippen LogP contribution in [0.3, 0.4) is 0 Å². The molecular weight excluding hydrogens is 261 g/mol. The van der Waals surface area contributed by atoms with E-state index in [1.165, 1.54) is 4.90 Å². The van der Waals surface area contributed by atoms with Crippen molar-refractivity contribution in [1.82, 2.24) is 15.2 Å². The Bertz CT molecular complexity index is 495. The first-order chi connectivity index (χ1) is 8.58. The van der Waals surface area contributed by atoms with Crippen LogP contribution in [0.1, 0.15) is 16.8 Å². The Labute approximate surface area is 108 Å². The van der Waals surface area contributed by atoms with Gasteiger partial charge in [-0.3, -0.25) is 9.59 Å². The van der Waals surface area contributed by atoms with Gasteiger partial charge in [0.15, 0.2) is 0 Å². The molecule has 96 valence electrons. The predicted molar refractivity (Wildman–Crippen MR) is 62.7 cm³/mol. The first-order valence-corrected chi connectivity index (χ1v) is 5.83. The lowest BCUT2D eigenvalue weighted by Crippen LogP contribution is -2.37. The maximum absolute atomic E-state index is 13.1. The third kappa shape index (κ3) is 2.76. The molecule has 18 heavy (non-hydrogen) atoms. The molecule has 1 aliphatic rings. The number of hydrogen-bond donors (Lipinski definition) is 1. The monoisotopic (exact) mass is 271 g/mol. The van der Waals surface area contributed by atoms with Crippen molar-refractivity contribution in [3.05, 3.63) is 28.8 Å². The molecule has 0 aromatic carbocycles. The van der Waals surface area contributed by atoms with Crippen molar-refractivity contribution < 1.29 is 14.0 Å². The van der Waals surface area contributed by atoms with E-state index in [0.29, 0.717) is 19.5 Å². The molecule has 1 N–H and O–H groups in total. The van der Waals surface area contributed by atoms with Gasteiger partial charge in [0.05, 0.1) is 18.3 Å². The van der Waals surface area contributed by atoms with Crippen molar-refractivity contribution in [3.8, 4) is 0 Å². The Morgan fingerprint density at radius 2 is 2.33 bits per heavy atom. The number of carbonyl (C=O) groups excluding carboxylic acids is 2. The average molecular weight is 272 g/mol. The number of pyridine rings is 1. The Morgan fingerprint density at radius 3 is 3.11 bits per heavy atom. The fourth-order valence-corrected chi connectivity index (χ4v) is 1.91. The molecule has 2 heterocycles. The van der Waals surface area contributed by atoms with Crippen molar-refractivity contribution in [2.75, 3.05) is 19.6 Å². The zero-order valence-electron chi connectivity index (χ0n) is 9.45. The fourth-order valence-electron chi connectivity index (χ4n) is 1.72. The van der Waals surface area contributed by atoms with Gasteiger partial charge in [-0.2, -0.15) is 0 Å². The number of halogens is 2. The van der Waals surface area contributed by atoms with Crippen molar-refractivity contribution >= 4 is 23.4 Å². The highest BCUT2D eigenvalue weighted by molar-refractivity contribution is 6.32. The van der Waals surface area contributed by atoms with Crippen LogP contribution in [0.25, 0.3) is 0 Å². The summed E-state index contributed by atoms with van der Waals surface area (Å²) in [6.07, 6.45) is 1.59. The standard InChI is InChI=1S/C11H11ClFN3O2/c12-10-8(4-7(13)5-15-10)11(18)16-3-1-2-14-9(17)6-16/h4-5H,1-3,6H2,(H,14,17). The minimum atomic E-state index is -0.637. The van der Waals surface area contributed by atoms with E-state index in [9.17, 15) is 14.0 Å². The summed E-state index contributed by atoms with van der Waals surface area (Å²) in [5, 5.41) is 2.59. The number of amides is 2. The summed E-state index contributed by atoms with van der Waals surface area (Å²) in [5.41, 5.74) is -0.0219. The van der Waals surface area contributed by atoms with Crippen LogP contribution in [0, 0.1) is 5.82 Å². The number of carbonyl (C=O) groups is 2. The van der Waals surface area contributed by atoms with Crippen LogP contribution in [0.2, 0.25) is 5.15 Å². The highest BCUT2D eigenvalue weighted by atomic mass is 35.5. The van der Waals surface area contributed by atoms with Crippen LogP contribution >= 0.6 is 11.6 Å². The summed E-state index contributed by atoms with van der Waals surface area (Å²) >= 11 is 5.76. The molecule has 1 aliphatic heterocycles. The molecular formula is C11H11ClFN3O2. The second kappa shape index (κ2) is 5.30. The molecule has 1 fully saturated rings.